The van der Waals surface area contributed by atoms with Gasteiger partial charge in [0.15, 0.2) is 0 Å². The zero-order valence-electron chi connectivity index (χ0n) is 6.12. The zero-order chi connectivity index (χ0) is 7.23. The van der Waals surface area contributed by atoms with Crippen LogP contribution >= 0.6 is 0 Å². The molecular weight excluding hydrogens is 122 g/mol. The largest absolute Gasteiger partial charge is 0.264 e. The molecule has 0 saturated heterocycles. The molecule has 0 fully saturated rings. The number of aromatic nitrogens is 1. The Balaban J connectivity index is 2.59. The molecule has 0 amide bonds. The molecule has 0 N–H and O–H groups in total. The Hall–Kier alpha value is -1.11. The third-order valence-corrected chi connectivity index (χ3v) is 1.31. The third kappa shape index (κ3) is 2.02. The van der Waals surface area contributed by atoms with Crippen molar-refractivity contribution in [1.29, 1.82) is 0 Å². The van der Waals surface area contributed by atoms with Crippen molar-refractivity contribution in [3.8, 4) is 0 Å². The molecule has 0 saturated carbocycles. The summed E-state index contributed by atoms with van der Waals surface area (Å²) >= 11 is 0. The standard InChI is InChI=1S/C9H11N/c1-2-3-5-9-6-4-7-10-8-9/h2-4,6-8H,5H2,1H3/b3-2-. The summed E-state index contributed by atoms with van der Waals surface area (Å²) in [7, 11) is 0. The summed E-state index contributed by atoms with van der Waals surface area (Å²) in [6, 6.07) is 4.03. The van der Waals surface area contributed by atoms with E-state index < -0.39 is 0 Å². The van der Waals surface area contributed by atoms with Crippen LogP contribution in [0.5, 0.6) is 0 Å². The third-order valence-electron chi connectivity index (χ3n) is 1.31. The second-order valence-electron chi connectivity index (χ2n) is 2.13. The van der Waals surface area contributed by atoms with Gasteiger partial charge in [0, 0.05) is 12.4 Å². The highest BCUT2D eigenvalue weighted by molar-refractivity contribution is 5.11. The van der Waals surface area contributed by atoms with E-state index >= 15 is 0 Å². The van der Waals surface area contributed by atoms with Gasteiger partial charge >= 0.3 is 0 Å². The molecule has 1 aromatic rings. The lowest BCUT2D eigenvalue weighted by atomic mass is 10.2. The molecule has 1 aromatic heterocycles. The van der Waals surface area contributed by atoms with Crippen LogP contribution in [0.15, 0.2) is 36.7 Å². The van der Waals surface area contributed by atoms with Crippen molar-refractivity contribution in [3.05, 3.63) is 42.2 Å². The minimum Gasteiger partial charge on any atom is -0.264 e. The van der Waals surface area contributed by atoms with Gasteiger partial charge < -0.3 is 0 Å². The number of allylic oxidation sites excluding steroid dienone is 2. The Morgan fingerprint density at radius 1 is 1.60 bits per heavy atom. The first kappa shape index (κ1) is 7.00. The Morgan fingerprint density at radius 3 is 3.10 bits per heavy atom. The smallest absolute Gasteiger partial charge is 0.0303 e. The highest BCUT2D eigenvalue weighted by Crippen LogP contribution is 1.96. The first-order valence-corrected chi connectivity index (χ1v) is 3.43. The highest BCUT2D eigenvalue weighted by Gasteiger charge is 1.84. The van der Waals surface area contributed by atoms with Crippen molar-refractivity contribution in [2.24, 2.45) is 0 Å². The van der Waals surface area contributed by atoms with Gasteiger partial charge in [0.25, 0.3) is 0 Å². The van der Waals surface area contributed by atoms with Crippen LogP contribution in [-0.2, 0) is 6.42 Å². The van der Waals surface area contributed by atoms with Gasteiger partial charge in [-0.05, 0) is 25.0 Å². The molecule has 52 valence electrons. The zero-order valence-corrected chi connectivity index (χ0v) is 6.12. The monoisotopic (exact) mass is 133 g/mol. The summed E-state index contributed by atoms with van der Waals surface area (Å²) < 4.78 is 0. The van der Waals surface area contributed by atoms with E-state index in [0.29, 0.717) is 0 Å². The average molecular weight is 133 g/mol. The van der Waals surface area contributed by atoms with E-state index in [2.05, 4.69) is 17.1 Å². The van der Waals surface area contributed by atoms with Crippen LogP contribution in [0, 0.1) is 0 Å². The Kier molecular flexibility index (Phi) is 2.68. The van der Waals surface area contributed by atoms with E-state index in [1.165, 1.54) is 5.56 Å². The van der Waals surface area contributed by atoms with Crippen molar-refractivity contribution in [2.75, 3.05) is 0 Å². The van der Waals surface area contributed by atoms with Crippen LogP contribution in [0.2, 0.25) is 0 Å². The summed E-state index contributed by atoms with van der Waals surface area (Å²) in [5.41, 5.74) is 1.26. The Labute approximate surface area is 61.4 Å². The number of rotatable bonds is 2. The molecule has 1 rings (SSSR count). The SMILES string of the molecule is C/C=C\Cc1cccnc1. The molecule has 0 aliphatic heterocycles. The van der Waals surface area contributed by atoms with Gasteiger partial charge in [0.2, 0.25) is 0 Å². The van der Waals surface area contributed by atoms with Crippen LogP contribution in [0.3, 0.4) is 0 Å². The fourth-order valence-electron chi connectivity index (χ4n) is 0.773. The van der Waals surface area contributed by atoms with Crippen LogP contribution < -0.4 is 0 Å². The topological polar surface area (TPSA) is 12.9 Å². The van der Waals surface area contributed by atoms with Crippen molar-refractivity contribution >= 4 is 0 Å². The molecule has 0 aliphatic carbocycles. The maximum Gasteiger partial charge on any atom is 0.0303 e. The van der Waals surface area contributed by atoms with Crippen LogP contribution in [0.25, 0.3) is 0 Å². The van der Waals surface area contributed by atoms with Crippen LogP contribution in [0.1, 0.15) is 12.5 Å². The minimum absolute atomic E-state index is 0.990. The number of pyridine rings is 1. The summed E-state index contributed by atoms with van der Waals surface area (Å²) in [4.78, 5) is 4.00. The number of nitrogens with zero attached hydrogens (tertiary/aromatic N) is 1. The Bertz CT molecular complexity index is 201. The second-order valence-corrected chi connectivity index (χ2v) is 2.13. The van der Waals surface area contributed by atoms with Crippen molar-refractivity contribution in [2.45, 2.75) is 13.3 Å². The normalized spacial score (nSPS) is 10.5. The first-order valence-electron chi connectivity index (χ1n) is 3.43. The molecular formula is C9H11N. The predicted molar refractivity (Wildman–Crippen MR) is 42.8 cm³/mol. The van der Waals surface area contributed by atoms with Crippen molar-refractivity contribution in [1.82, 2.24) is 4.98 Å². The van der Waals surface area contributed by atoms with Gasteiger partial charge in [-0.3, -0.25) is 4.98 Å². The molecule has 0 unspecified atom stereocenters. The lowest BCUT2D eigenvalue weighted by molar-refractivity contribution is 1.19. The van der Waals surface area contributed by atoms with Gasteiger partial charge in [-0.1, -0.05) is 18.2 Å². The van der Waals surface area contributed by atoms with Gasteiger partial charge in [-0.25, -0.2) is 0 Å². The molecule has 0 bridgehead atoms. The lowest BCUT2D eigenvalue weighted by Crippen LogP contribution is -1.80. The molecule has 0 aromatic carbocycles. The number of hydrogen-bond acceptors (Lipinski definition) is 1. The van der Waals surface area contributed by atoms with Gasteiger partial charge in [0.1, 0.15) is 0 Å². The highest BCUT2D eigenvalue weighted by atomic mass is 14.6. The van der Waals surface area contributed by atoms with E-state index in [1.807, 2.05) is 25.3 Å². The number of hydrogen-bond donors (Lipinski definition) is 0. The maximum absolute atomic E-state index is 4.00. The summed E-state index contributed by atoms with van der Waals surface area (Å²) in [6.07, 6.45) is 8.84. The maximum atomic E-state index is 4.00. The minimum atomic E-state index is 0.990. The quantitative estimate of drug-likeness (QED) is 0.563. The molecule has 0 spiro atoms. The predicted octanol–water partition coefficient (Wildman–Crippen LogP) is 2.20. The summed E-state index contributed by atoms with van der Waals surface area (Å²) in [5.74, 6) is 0. The average Bonchev–Trinajstić information content (AvgIpc) is 2.03. The molecule has 1 heterocycles. The molecule has 0 atom stereocenters. The van der Waals surface area contributed by atoms with Crippen LogP contribution in [0.4, 0.5) is 0 Å². The molecule has 0 radical (unpaired) electrons. The van der Waals surface area contributed by atoms with E-state index in [4.69, 9.17) is 0 Å². The first-order chi connectivity index (χ1) is 4.93. The van der Waals surface area contributed by atoms with Crippen molar-refractivity contribution < 1.29 is 0 Å². The van der Waals surface area contributed by atoms with E-state index in [0.717, 1.165) is 6.42 Å². The van der Waals surface area contributed by atoms with Crippen molar-refractivity contribution in [3.63, 3.8) is 0 Å². The van der Waals surface area contributed by atoms with Crippen LogP contribution in [-0.4, -0.2) is 4.98 Å². The lowest BCUT2D eigenvalue weighted by Gasteiger charge is -1.91. The molecule has 0 aliphatic rings. The molecule has 1 heteroatoms. The molecule has 1 nitrogen and oxygen atoms in total. The van der Waals surface area contributed by atoms with Gasteiger partial charge in [-0.15, -0.1) is 0 Å². The van der Waals surface area contributed by atoms with Gasteiger partial charge in [-0.2, -0.15) is 0 Å². The summed E-state index contributed by atoms with van der Waals surface area (Å²) in [5, 5.41) is 0. The van der Waals surface area contributed by atoms with Gasteiger partial charge in [0.05, 0.1) is 0 Å². The summed E-state index contributed by atoms with van der Waals surface area (Å²) in [6.45, 7) is 2.02. The molecule has 10 heavy (non-hydrogen) atoms. The fourth-order valence-corrected chi connectivity index (χ4v) is 0.773. The van der Waals surface area contributed by atoms with E-state index in [1.54, 1.807) is 6.20 Å². The fraction of sp³-hybridized carbons (Fsp3) is 0.222. The Morgan fingerprint density at radius 2 is 2.50 bits per heavy atom. The van der Waals surface area contributed by atoms with E-state index in [-0.39, 0.29) is 0 Å². The van der Waals surface area contributed by atoms with E-state index in [9.17, 15) is 0 Å². The second kappa shape index (κ2) is 3.83.